The quantitative estimate of drug-likeness (QED) is 0.682. The summed E-state index contributed by atoms with van der Waals surface area (Å²) >= 11 is 6.15. The number of nitrogens with one attached hydrogen (secondary N) is 2. The molecule has 2 aliphatic heterocycles. The van der Waals surface area contributed by atoms with Crippen molar-refractivity contribution in [2.45, 2.75) is 23.8 Å². The molecule has 0 aromatic heterocycles. The smallest absolute Gasteiger partial charge is 0.243 e. The van der Waals surface area contributed by atoms with E-state index < -0.39 is 20.7 Å². The normalized spacial score (nSPS) is 18.3. The van der Waals surface area contributed by atoms with Crippen molar-refractivity contribution in [3.05, 3.63) is 58.4 Å². The molecule has 7 nitrogen and oxygen atoms in total. The molecule has 1 atom stereocenters. The van der Waals surface area contributed by atoms with Crippen LogP contribution in [-0.2, 0) is 26.0 Å². The number of rotatable bonds is 6. The monoisotopic (exact) mass is 467 g/mol. The van der Waals surface area contributed by atoms with Crippen LogP contribution in [0, 0.1) is 5.82 Å². The highest BCUT2D eigenvalue weighted by Crippen LogP contribution is 2.29. The van der Waals surface area contributed by atoms with E-state index in [4.69, 9.17) is 16.3 Å². The Labute approximate surface area is 185 Å². The highest BCUT2D eigenvalue weighted by atomic mass is 35.5. The van der Waals surface area contributed by atoms with E-state index in [1.54, 1.807) is 12.1 Å². The van der Waals surface area contributed by atoms with Gasteiger partial charge in [-0.2, -0.15) is 0 Å². The number of amides is 1. The second-order valence-electron chi connectivity index (χ2n) is 7.56. The Hall–Kier alpha value is -2.04. The van der Waals surface area contributed by atoms with E-state index in [0.29, 0.717) is 49.0 Å². The molecule has 1 fully saturated rings. The predicted octanol–water partition coefficient (Wildman–Crippen LogP) is 2.72. The molecule has 1 unspecified atom stereocenters. The van der Waals surface area contributed by atoms with Crippen molar-refractivity contribution in [1.29, 1.82) is 0 Å². The fourth-order valence-electron chi connectivity index (χ4n) is 3.91. The Kier molecular flexibility index (Phi) is 6.59. The zero-order valence-corrected chi connectivity index (χ0v) is 18.3. The molecule has 2 aromatic carbocycles. The van der Waals surface area contributed by atoms with Gasteiger partial charge < -0.3 is 10.1 Å². The second kappa shape index (κ2) is 9.22. The zero-order chi connectivity index (χ0) is 22.0. The fourth-order valence-corrected chi connectivity index (χ4v) is 5.26. The molecule has 2 N–H and O–H groups in total. The van der Waals surface area contributed by atoms with Gasteiger partial charge in [-0.3, -0.25) is 9.69 Å². The van der Waals surface area contributed by atoms with Crippen LogP contribution in [0.25, 0.3) is 0 Å². The minimum Gasteiger partial charge on any atom is -0.379 e. The van der Waals surface area contributed by atoms with E-state index in [-0.39, 0.29) is 24.9 Å². The second-order valence-corrected chi connectivity index (χ2v) is 9.73. The van der Waals surface area contributed by atoms with Crippen molar-refractivity contribution in [2.24, 2.45) is 0 Å². The number of hydrogen-bond donors (Lipinski definition) is 2. The topological polar surface area (TPSA) is 87.7 Å². The summed E-state index contributed by atoms with van der Waals surface area (Å²) < 4.78 is 48.6. The van der Waals surface area contributed by atoms with E-state index in [1.807, 2.05) is 12.1 Å². The van der Waals surface area contributed by atoms with Crippen LogP contribution in [0.2, 0.25) is 5.02 Å². The molecule has 0 saturated carbocycles. The van der Waals surface area contributed by atoms with Gasteiger partial charge in [0.25, 0.3) is 0 Å². The molecule has 0 bridgehead atoms. The molecule has 1 saturated heterocycles. The van der Waals surface area contributed by atoms with Gasteiger partial charge >= 0.3 is 0 Å². The number of sulfonamides is 1. The minimum absolute atomic E-state index is 0.0515. The van der Waals surface area contributed by atoms with Crippen molar-refractivity contribution < 1.29 is 22.3 Å². The van der Waals surface area contributed by atoms with Crippen molar-refractivity contribution in [1.82, 2.24) is 9.62 Å². The van der Waals surface area contributed by atoms with Crippen LogP contribution in [0.1, 0.15) is 23.6 Å². The maximum Gasteiger partial charge on any atom is 0.243 e. The SMILES string of the molecule is O=C1CCc2cc(S(=O)(=O)NCC(c3cccc(Cl)c3)N3CCOCC3)c(F)cc2N1. The number of benzene rings is 2. The Morgan fingerprint density at radius 3 is 2.71 bits per heavy atom. The van der Waals surface area contributed by atoms with Crippen molar-refractivity contribution >= 4 is 33.2 Å². The third kappa shape index (κ3) is 5.07. The molecule has 31 heavy (non-hydrogen) atoms. The molecule has 2 heterocycles. The lowest BCUT2D eigenvalue weighted by molar-refractivity contribution is -0.116. The van der Waals surface area contributed by atoms with Gasteiger partial charge in [-0.1, -0.05) is 23.7 Å². The standard InChI is InChI=1S/C21H23ClFN3O4S/c22-16-3-1-2-15(10-16)19(26-6-8-30-9-7-26)13-24-31(28,29)20-11-14-4-5-21(27)25-18(14)12-17(20)23/h1-3,10-12,19,24H,4-9,13H2,(H,25,27). The Balaban J connectivity index is 1.58. The average molecular weight is 468 g/mol. The Morgan fingerprint density at radius 2 is 1.97 bits per heavy atom. The van der Waals surface area contributed by atoms with Crippen LogP contribution in [0.5, 0.6) is 0 Å². The molecule has 166 valence electrons. The van der Waals surface area contributed by atoms with Crippen LogP contribution in [0.4, 0.5) is 10.1 Å². The van der Waals surface area contributed by atoms with Gasteiger partial charge in [-0.25, -0.2) is 17.5 Å². The number of morpholine rings is 1. The van der Waals surface area contributed by atoms with Crippen molar-refractivity contribution in [2.75, 3.05) is 38.2 Å². The largest absolute Gasteiger partial charge is 0.379 e. The van der Waals surface area contributed by atoms with Crippen LogP contribution in [-0.4, -0.2) is 52.1 Å². The number of carbonyl (C=O) groups is 1. The minimum atomic E-state index is -4.12. The van der Waals surface area contributed by atoms with Crippen LogP contribution >= 0.6 is 11.6 Å². The average Bonchev–Trinajstić information content (AvgIpc) is 2.74. The van der Waals surface area contributed by atoms with E-state index in [1.165, 1.54) is 6.07 Å². The summed E-state index contributed by atoms with van der Waals surface area (Å²) in [6.07, 6.45) is 0.600. The fraction of sp³-hybridized carbons (Fsp3) is 0.381. The first-order valence-electron chi connectivity index (χ1n) is 10.0. The number of halogens is 2. The van der Waals surface area contributed by atoms with Gasteiger partial charge in [0.15, 0.2) is 0 Å². The lowest BCUT2D eigenvalue weighted by Gasteiger charge is -2.35. The molecular weight excluding hydrogens is 445 g/mol. The van der Waals surface area contributed by atoms with Gasteiger partial charge in [-0.05, 0) is 41.8 Å². The molecule has 10 heteroatoms. The molecular formula is C21H23ClFN3O4S. The lowest BCUT2D eigenvalue weighted by Crippen LogP contribution is -2.43. The van der Waals surface area contributed by atoms with Gasteiger partial charge in [0.2, 0.25) is 15.9 Å². The van der Waals surface area contributed by atoms with E-state index >= 15 is 0 Å². The number of hydrogen-bond acceptors (Lipinski definition) is 5. The van der Waals surface area contributed by atoms with Crippen molar-refractivity contribution in [3.63, 3.8) is 0 Å². The highest BCUT2D eigenvalue weighted by molar-refractivity contribution is 7.89. The van der Waals surface area contributed by atoms with Crippen LogP contribution in [0.15, 0.2) is 41.3 Å². The summed E-state index contributed by atoms with van der Waals surface area (Å²) in [6.45, 7) is 2.44. The van der Waals surface area contributed by atoms with Crippen molar-refractivity contribution in [3.8, 4) is 0 Å². The third-order valence-electron chi connectivity index (χ3n) is 5.53. The van der Waals surface area contributed by atoms with Gasteiger partial charge in [0, 0.05) is 42.8 Å². The van der Waals surface area contributed by atoms with E-state index in [0.717, 1.165) is 11.6 Å². The number of fused-ring (bicyclic) bond motifs is 1. The lowest BCUT2D eigenvalue weighted by atomic mass is 10.0. The molecule has 4 rings (SSSR count). The summed E-state index contributed by atoms with van der Waals surface area (Å²) in [5, 5.41) is 3.13. The number of nitrogens with zero attached hydrogens (tertiary/aromatic N) is 1. The first-order valence-corrected chi connectivity index (χ1v) is 11.9. The summed E-state index contributed by atoms with van der Waals surface area (Å²) in [6, 6.07) is 9.36. The zero-order valence-electron chi connectivity index (χ0n) is 16.7. The molecule has 0 spiro atoms. The molecule has 0 aliphatic carbocycles. The summed E-state index contributed by atoms with van der Waals surface area (Å²) in [4.78, 5) is 13.2. The maximum absolute atomic E-state index is 14.6. The van der Waals surface area contributed by atoms with Crippen LogP contribution in [0.3, 0.4) is 0 Å². The number of carbonyl (C=O) groups excluding carboxylic acids is 1. The molecule has 2 aromatic rings. The predicted molar refractivity (Wildman–Crippen MR) is 115 cm³/mol. The molecule has 0 radical (unpaired) electrons. The summed E-state index contributed by atoms with van der Waals surface area (Å²) in [5.74, 6) is -1.12. The highest BCUT2D eigenvalue weighted by Gasteiger charge is 2.28. The molecule has 2 aliphatic rings. The maximum atomic E-state index is 14.6. The number of anilines is 1. The third-order valence-corrected chi connectivity index (χ3v) is 7.20. The first-order chi connectivity index (χ1) is 14.8. The first kappa shape index (κ1) is 22.2. The molecule has 1 amide bonds. The van der Waals surface area contributed by atoms with E-state index in [2.05, 4.69) is 14.9 Å². The summed E-state index contributed by atoms with van der Waals surface area (Å²) in [7, 11) is -4.12. The van der Waals surface area contributed by atoms with Gasteiger partial charge in [-0.15, -0.1) is 0 Å². The van der Waals surface area contributed by atoms with Gasteiger partial charge in [0.05, 0.1) is 13.2 Å². The number of aryl methyl sites for hydroxylation is 1. The van der Waals surface area contributed by atoms with Crippen LogP contribution < -0.4 is 10.0 Å². The number of ether oxygens (including phenoxy) is 1. The Bertz CT molecular complexity index is 1090. The summed E-state index contributed by atoms with van der Waals surface area (Å²) in [5.41, 5.74) is 1.78. The Morgan fingerprint density at radius 1 is 1.19 bits per heavy atom. The van der Waals surface area contributed by atoms with Gasteiger partial charge in [0.1, 0.15) is 10.7 Å². The van der Waals surface area contributed by atoms with E-state index in [9.17, 15) is 17.6 Å².